The predicted molar refractivity (Wildman–Crippen MR) is 79.2 cm³/mol. The highest BCUT2D eigenvalue weighted by atomic mass is 16.5. The van der Waals surface area contributed by atoms with Crippen molar-refractivity contribution >= 4 is 0 Å². The highest BCUT2D eigenvalue weighted by Crippen LogP contribution is 2.03. The van der Waals surface area contributed by atoms with Crippen LogP contribution in [0.1, 0.15) is 19.8 Å². The smallest absolute Gasteiger partial charge is 0.156 e. The minimum absolute atomic E-state index is 0.296. The Morgan fingerprint density at radius 3 is 2.43 bits per heavy atom. The molecule has 0 amide bonds. The second-order valence-corrected chi connectivity index (χ2v) is 4.98. The maximum absolute atomic E-state index is 8.81. The third-order valence-corrected chi connectivity index (χ3v) is 3.23. The fourth-order valence-electron chi connectivity index (χ4n) is 1.97. The van der Waals surface area contributed by atoms with Gasteiger partial charge in [-0.25, -0.2) is 0 Å². The van der Waals surface area contributed by atoms with E-state index in [1.54, 1.807) is 0 Å². The second-order valence-electron chi connectivity index (χ2n) is 4.98. The van der Waals surface area contributed by atoms with E-state index in [0.717, 1.165) is 32.5 Å². The number of unbranched alkanes of at least 4 members (excludes halogenated alkanes) is 1. The molecule has 1 aliphatic rings. The van der Waals surface area contributed by atoms with Crippen molar-refractivity contribution in [3.05, 3.63) is 0 Å². The quantitative estimate of drug-likeness (QED) is 0.502. The van der Waals surface area contributed by atoms with Gasteiger partial charge in [0.15, 0.2) is 6.10 Å². The minimum atomic E-state index is -0.296. The van der Waals surface area contributed by atoms with Crippen molar-refractivity contribution in [2.24, 2.45) is 0 Å². The fourth-order valence-corrected chi connectivity index (χ4v) is 1.97. The molecule has 0 aliphatic carbocycles. The zero-order chi connectivity index (χ0) is 15.2. The van der Waals surface area contributed by atoms with Gasteiger partial charge in [0, 0.05) is 26.2 Å². The van der Waals surface area contributed by atoms with Gasteiger partial charge >= 0.3 is 0 Å². The van der Waals surface area contributed by atoms with Crippen molar-refractivity contribution in [2.45, 2.75) is 25.9 Å². The van der Waals surface area contributed by atoms with Gasteiger partial charge in [-0.3, -0.25) is 4.90 Å². The molecule has 21 heavy (non-hydrogen) atoms. The second kappa shape index (κ2) is 13.0. The van der Waals surface area contributed by atoms with E-state index in [9.17, 15) is 0 Å². The average molecular weight is 300 g/mol. The van der Waals surface area contributed by atoms with Crippen LogP contribution >= 0.6 is 0 Å². The molecule has 0 aromatic rings. The van der Waals surface area contributed by atoms with Gasteiger partial charge < -0.3 is 18.9 Å². The van der Waals surface area contributed by atoms with Crippen LogP contribution in [-0.4, -0.2) is 76.9 Å². The van der Waals surface area contributed by atoms with Gasteiger partial charge in [-0.05, 0) is 6.42 Å². The zero-order valence-electron chi connectivity index (χ0n) is 13.1. The Bertz CT molecular complexity index is 283. The topological polar surface area (TPSA) is 63.9 Å². The van der Waals surface area contributed by atoms with Gasteiger partial charge in [-0.1, -0.05) is 13.3 Å². The van der Waals surface area contributed by atoms with E-state index >= 15 is 0 Å². The number of morpholine rings is 1. The molecule has 1 saturated heterocycles. The summed E-state index contributed by atoms with van der Waals surface area (Å²) in [5.74, 6) is 0. The number of ether oxygens (including phenoxy) is 4. The number of nitrogens with zero attached hydrogens (tertiary/aromatic N) is 2. The summed E-state index contributed by atoms with van der Waals surface area (Å²) in [5.41, 5.74) is 0. The van der Waals surface area contributed by atoms with Crippen LogP contribution < -0.4 is 0 Å². The highest BCUT2D eigenvalue weighted by Gasteiger charge is 2.19. The molecule has 122 valence electrons. The number of hydrogen-bond donors (Lipinski definition) is 0. The molecule has 0 spiro atoms. The monoisotopic (exact) mass is 300 g/mol. The summed E-state index contributed by atoms with van der Waals surface area (Å²) in [6, 6.07) is 2.14. The van der Waals surface area contributed by atoms with E-state index < -0.39 is 0 Å². The van der Waals surface area contributed by atoms with Crippen molar-refractivity contribution in [3.63, 3.8) is 0 Å². The lowest BCUT2D eigenvalue weighted by atomic mass is 10.3. The SMILES string of the molecule is CCCCOCCOCCOCCN1CCOC(C#N)C1. The third kappa shape index (κ3) is 9.77. The summed E-state index contributed by atoms with van der Waals surface area (Å²) in [5, 5.41) is 8.81. The van der Waals surface area contributed by atoms with Crippen molar-refractivity contribution in [1.82, 2.24) is 4.90 Å². The molecule has 0 radical (unpaired) electrons. The molecule has 6 nitrogen and oxygen atoms in total. The molecule has 6 heteroatoms. The largest absolute Gasteiger partial charge is 0.379 e. The summed E-state index contributed by atoms with van der Waals surface area (Å²) >= 11 is 0. The van der Waals surface area contributed by atoms with Crippen molar-refractivity contribution in [1.29, 1.82) is 5.26 Å². The number of hydrogen-bond acceptors (Lipinski definition) is 6. The first-order valence-corrected chi connectivity index (χ1v) is 7.83. The molecule has 0 bridgehead atoms. The van der Waals surface area contributed by atoms with Gasteiger partial charge in [0.1, 0.15) is 0 Å². The molecule has 0 aromatic heterocycles. The van der Waals surface area contributed by atoms with Gasteiger partial charge in [-0.15, -0.1) is 0 Å². The Hall–Kier alpha value is -0.710. The van der Waals surface area contributed by atoms with E-state index in [1.807, 2.05) is 0 Å². The van der Waals surface area contributed by atoms with Crippen LogP contribution in [0.15, 0.2) is 0 Å². The Morgan fingerprint density at radius 2 is 1.76 bits per heavy atom. The summed E-state index contributed by atoms with van der Waals surface area (Å²) in [7, 11) is 0. The molecule has 1 atom stereocenters. The van der Waals surface area contributed by atoms with Crippen molar-refractivity contribution < 1.29 is 18.9 Å². The first-order valence-electron chi connectivity index (χ1n) is 7.83. The first-order chi connectivity index (χ1) is 10.4. The van der Waals surface area contributed by atoms with E-state index in [0.29, 0.717) is 46.2 Å². The Morgan fingerprint density at radius 1 is 1.10 bits per heavy atom. The van der Waals surface area contributed by atoms with E-state index in [2.05, 4.69) is 17.9 Å². The lowest BCUT2D eigenvalue weighted by Crippen LogP contribution is -2.43. The summed E-state index contributed by atoms with van der Waals surface area (Å²) in [6.45, 7) is 9.11. The maximum Gasteiger partial charge on any atom is 0.156 e. The lowest BCUT2D eigenvalue weighted by molar-refractivity contribution is -0.0190. The first kappa shape index (κ1) is 18.3. The van der Waals surface area contributed by atoms with Crippen molar-refractivity contribution in [2.75, 3.05) is 65.9 Å². The zero-order valence-corrected chi connectivity index (χ0v) is 13.1. The van der Waals surface area contributed by atoms with Gasteiger partial charge in [0.05, 0.1) is 45.7 Å². The summed E-state index contributed by atoms with van der Waals surface area (Å²) in [6.07, 6.45) is 1.97. The average Bonchev–Trinajstić information content (AvgIpc) is 2.53. The molecule has 1 aliphatic heterocycles. The normalized spacial score (nSPS) is 19.5. The molecule has 1 unspecified atom stereocenters. The maximum atomic E-state index is 8.81. The fraction of sp³-hybridized carbons (Fsp3) is 0.933. The Balaban J connectivity index is 1.81. The molecule has 0 saturated carbocycles. The Labute approximate surface area is 127 Å². The van der Waals surface area contributed by atoms with Crippen LogP contribution in [-0.2, 0) is 18.9 Å². The van der Waals surface area contributed by atoms with E-state index in [-0.39, 0.29) is 6.10 Å². The number of nitriles is 1. The molecular weight excluding hydrogens is 272 g/mol. The molecular formula is C15H28N2O4. The van der Waals surface area contributed by atoms with Gasteiger partial charge in [-0.2, -0.15) is 5.26 Å². The highest BCUT2D eigenvalue weighted by molar-refractivity contribution is 4.89. The predicted octanol–water partition coefficient (Wildman–Crippen LogP) is 1.06. The molecule has 1 rings (SSSR count). The Kier molecular flexibility index (Phi) is 11.3. The summed E-state index contributed by atoms with van der Waals surface area (Å²) < 4.78 is 21.6. The van der Waals surface area contributed by atoms with Crippen LogP contribution in [0.3, 0.4) is 0 Å². The van der Waals surface area contributed by atoms with Crippen LogP contribution in [0.2, 0.25) is 0 Å². The third-order valence-electron chi connectivity index (χ3n) is 3.23. The van der Waals surface area contributed by atoms with Crippen LogP contribution in [0.25, 0.3) is 0 Å². The van der Waals surface area contributed by atoms with Crippen LogP contribution in [0, 0.1) is 11.3 Å². The van der Waals surface area contributed by atoms with Crippen molar-refractivity contribution in [3.8, 4) is 6.07 Å². The van der Waals surface area contributed by atoms with Crippen LogP contribution in [0.5, 0.6) is 0 Å². The standard InChI is InChI=1S/C15H28N2O4/c1-2-3-6-18-9-11-20-12-10-19-7-4-17-5-8-21-15(13-16)14-17/h15H,2-12,14H2,1H3. The molecule has 0 aromatic carbocycles. The molecule has 1 fully saturated rings. The number of rotatable bonds is 12. The van der Waals surface area contributed by atoms with Crippen LogP contribution in [0.4, 0.5) is 0 Å². The minimum Gasteiger partial charge on any atom is -0.379 e. The lowest BCUT2D eigenvalue weighted by Gasteiger charge is -2.29. The van der Waals surface area contributed by atoms with E-state index in [1.165, 1.54) is 0 Å². The van der Waals surface area contributed by atoms with E-state index in [4.69, 9.17) is 24.2 Å². The molecule has 1 heterocycles. The van der Waals surface area contributed by atoms with Gasteiger partial charge in [0.2, 0.25) is 0 Å². The molecule has 0 N–H and O–H groups in total. The van der Waals surface area contributed by atoms with Gasteiger partial charge in [0.25, 0.3) is 0 Å². The summed E-state index contributed by atoms with van der Waals surface area (Å²) in [4.78, 5) is 2.19.